The second kappa shape index (κ2) is 6.24. The highest BCUT2D eigenvalue weighted by Crippen LogP contribution is 2.31. The molecule has 108 valence electrons. The Balaban J connectivity index is 2.30. The van der Waals surface area contributed by atoms with Gasteiger partial charge in [0.2, 0.25) is 0 Å². The number of aliphatic hydroxyl groups is 1. The lowest BCUT2D eigenvalue weighted by Gasteiger charge is -2.13. The summed E-state index contributed by atoms with van der Waals surface area (Å²) in [6, 6.07) is 2.47. The molecule has 0 amide bonds. The molecule has 0 spiro atoms. The summed E-state index contributed by atoms with van der Waals surface area (Å²) in [6.45, 7) is 3.85. The smallest absolute Gasteiger partial charge is 0.143 e. The Bertz CT molecular complexity index is 618. The third kappa shape index (κ3) is 3.05. The van der Waals surface area contributed by atoms with E-state index in [9.17, 15) is 13.9 Å². The van der Waals surface area contributed by atoms with E-state index in [2.05, 4.69) is 25.5 Å². The molecule has 1 aromatic heterocycles. The lowest BCUT2D eigenvalue weighted by Crippen LogP contribution is -2.07. The summed E-state index contributed by atoms with van der Waals surface area (Å²) >= 11 is 4.06. The summed E-state index contributed by atoms with van der Waals surface area (Å²) in [7, 11) is 0. The average Bonchev–Trinajstić information content (AvgIpc) is 2.88. The van der Waals surface area contributed by atoms with Crippen molar-refractivity contribution >= 4 is 27.5 Å². The zero-order valence-corrected chi connectivity index (χ0v) is 13.3. The maximum absolute atomic E-state index is 13.9. The number of hydrogen-bond acceptors (Lipinski definition) is 4. The molecule has 0 saturated heterocycles. The zero-order chi connectivity index (χ0) is 14.9. The summed E-state index contributed by atoms with van der Waals surface area (Å²) in [4.78, 5) is 0.554. The lowest BCUT2D eigenvalue weighted by molar-refractivity contribution is 0.177. The molecule has 0 aliphatic heterocycles. The van der Waals surface area contributed by atoms with Gasteiger partial charge in [-0.1, -0.05) is 18.3 Å². The minimum absolute atomic E-state index is 0.0932. The van der Waals surface area contributed by atoms with Crippen LogP contribution in [0.1, 0.15) is 42.0 Å². The predicted octanol–water partition coefficient (Wildman–Crippen LogP) is 3.98. The van der Waals surface area contributed by atoms with Gasteiger partial charge in [-0.25, -0.2) is 8.78 Å². The third-order valence-electron chi connectivity index (χ3n) is 2.93. The number of aliphatic hydroxyl groups excluding tert-OH is 1. The molecule has 3 nitrogen and oxygen atoms in total. The fourth-order valence-electron chi connectivity index (χ4n) is 1.88. The van der Waals surface area contributed by atoms with Crippen LogP contribution in [-0.2, 0) is 6.42 Å². The fraction of sp³-hybridized carbons (Fsp3) is 0.385. The van der Waals surface area contributed by atoms with E-state index in [1.54, 1.807) is 0 Å². The Hall–Kier alpha value is -0.920. The first-order chi connectivity index (χ1) is 9.41. The van der Waals surface area contributed by atoms with E-state index >= 15 is 0 Å². The largest absolute Gasteiger partial charge is 0.387 e. The molecule has 1 aromatic carbocycles. The first-order valence-electron chi connectivity index (χ1n) is 6.04. The van der Waals surface area contributed by atoms with Gasteiger partial charge in [0.1, 0.15) is 11.6 Å². The number of aromatic nitrogens is 2. The van der Waals surface area contributed by atoms with Gasteiger partial charge in [0, 0.05) is 12.0 Å². The van der Waals surface area contributed by atoms with Crippen molar-refractivity contribution in [2.75, 3.05) is 0 Å². The second-order valence-corrected chi connectivity index (χ2v) is 6.36. The first kappa shape index (κ1) is 15.5. The van der Waals surface area contributed by atoms with E-state index in [1.165, 1.54) is 12.1 Å². The average molecular weight is 363 g/mol. The summed E-state index contributed by atoms with van der Waals surface area (Å²) in [5.41, 5.74) is 0.522. The monoisotopic (exact) mass is 362 g/mol. The Kier molecular flexibility index (Phi) is 4.82. The highest BCUT2D eigenvalue weighted by atomic mass is 79.9. The summed E-state index contributed by atoms with van der Waals surface area (Å²) < 4.78 is 31.6. The molecular formula is C13H13BrF2N2OS. The van der Waals surface area contributed by atoms with Crippen molar-refractivity contribution in [3.63, 3.8) is 0 Å². The Labute approximate surface area is 127 Å². The third-order valence-corrected chi connectivity index (χ3v) is 4.38. The highest BCUT2D eigenvalue weighted by molar-refractivity contribution is 9.10. The van der Waals surface area contributed by atoms with Gasteiger partial charge in [-0.15, -0.1) is 5.10 Å². The van der Waals surface area contributed by atoms with Gasteiger partial charge in [0.25, 0.3) is 0 Å². The van der Waals surface area contributed by atoms with Crippen molar-refractivity contribution < 1.29 is 13.9 Å². The van der Waals surface area contributed by atoms with Gasteiger partial charge in [-0.2, -0.15) is 0 Å². The van der Waals surface area contributed by atoms with Crippen LogP contribution < -0.4 is 0 Å². The van der Waals surface area contributed by atoms with Crippen molar-refractivity contribution in [3.05, 3.63) is 44.4 Å². The van der Waals surface area contributed by atoms with Crippen molar-refractivity contribution in [1.82, 2.24) is 9.59 Å². The predicted molar refractivity (Wildman–Crippen MR) is 76.7 cm³/mol. The molecule has 1 atom stereocenters. The normalized spacial score (nSPS) is 12.9. The fourth-order valence-corrected chi connectivity index (χ4v) is 3.04. The van der Waals surface area contributed by atoms with E-state index in [0.29, 0.717) is 10.6 Å². The van der Waals surface area contributed by atoms with E-state index < -0.39 is 17.7 Å². The molecule has 0 aliphatic rings. The molecular weight excluding hydrogens is 350 g/mol. The molecule has 2 aromatic rings. The second-order valence-electron chi connectivity index (χ2n) is 4.72. The standard InChI is InChI=1S/C13H13BrF2N2OS/c1-6(2)12-13(20-18-17-12)10(19)5-7-9(15)4-3-8(14)11(7)16/h3-4,6,10,19H,5H2,1-2H3. The molecule has 2 rings (SSSR count). The molecule has 0 bridgehead atoms. The lowest BCUT2D eigenvalue weighted by atomic mass is 10.0. The van der Waals surface area contributed by atoms with Crippen LogP contribution >= 0.6 is 27.5 Å². The summed E-state index contributed by atoms with van der Waals surface area (Å²) in [5, 5.41) is 14.2. The number of halogens is 3. The van der Waals surface area contributed by atoms with Gasteiger partial charge in [-0.05, 0) is 45.5 Å². The van der Waals surface area contributed by atoms with E-state index in [-0.39, 0.29) is 22.4 Å². The highest BCUT2D eigenvalue weighted by Gasteiger charge is 2.23. The SMILES string of the molecule is CC(C)c1nnsc1C(O)Cc1c(F)ccc(Br)c1F. The van der Waals surface area contributed by atoms with Crippen molar-refractivity contribution in [1.29, 1.82) is 0 Å². The Morgan fingerprint density at radius 1 is 1.35 bits per heavy atom. The van der Waals surface area contributed by atoms with E-state index in [0.717, 1.165) is 11.5 Å². The van der Waals surface area contributed by atoms with Crippen LogP contribution in [0.15, 0.2) is 16.6 Å². The number of rotatable bonds is 4. The summed E-state index contributed by atoms with van der Waals surface area (Å²) in [5.74, 6) is -1.27. The van der Waals surface area contributed by atoms with Gasteiger partial charge in [-0.3, -0.25) is 0 Å². The Morgan fingerprint density at radius 3 is 2.70 bits per heavy atom. The molecule has 0 fully saturated rings. The van der Waals surface area contributed by atoms with Crippen molar-refractivity contribution in [2.24, 2.45) is 0 Å². The molecule has 7 heteroatoms. The van der Waals surface area contributed by atoms with Crippen molar-refractivity contribution in [2.45, 2.75) is 32.3 Å². The first-order valence-corrected chi connectivity index (χ1v) is 7.61. The number of nitrogens with zero attached hydrogens (tertiary/aromatic N) is 2. The van der Waals surface area contributed by atoms with Gasteiger partial charge < -0.3 is 5.11 Å². The molecule has 1 heterocycles. The van der Waals surface area contributed by atoms with Gasteiger partial charge in [0.15, 0.2) is 0 Å². The number of benzene rings is 1. The van der Waals surface area contributed by atoms with E-state index in [4.69, 9.17) is 0 Å². The van der Waals surface area contributed by atoms with Crippen LogP contribution in [0, 0.1) is 11.6 Å². The van der Waals surface area contributed by atoms with Crippen LogP contribution in [0.4, 0.5) is 8.78 Å². The van der Waals surface area contributed by atoms with Crippen LogP contribution in [0.3, 0.4) is 0 Å². The van der Waals surface area contributed by atoms with Gasteiger partial charge >= 0.3 is 0 Å². The molecule has 0 radical (unpaired) electrons. The zero-order valence-electron chi connectivity index (χ0n) is 10.9. The van der Waals surface area contributed by atoms with Crippen LogP contribution in [0.5, 0.6) is 0 Å². The minimum Gasteiger partial charge on any atom is -0.387 e. The van der Waals surface area contributed by atoms with E-state index in [1.807, 2.05) is 13.8 Å². The minimum atomic E-state index is -1.02. The molecule has 1 N–H and O–H groups in total. The Morgan fingerprint density at radius 2 is 2.05 bits per heavy atom. The molecule has 0 aliphatic carbocycles. The summed E-state index contributed by atoms with van der Waals surface area (Å²) in [6.07, 6.45) is -1.17. The van der Waals surface area contributed by atoms with Crippen LogP contribution in [-0.4, -0.2) is 14.7 Å². The van der Waals surface area contributed by atoms with Crippen LogP contribution in [0.2, 0.25) is 0 Å². The topological polar surface area (TPSA) is 46.0 Å². The van der Waals surface area contributed by atoms with Gasteiger partial charge in [0.05, 0.1) is 21.1 Å². The molecule has 20 heavy (non-hydrogen) atoms. The molecule has 1 unspecified atom stereocenters. The molecule has 0 saturated carbocycles. The quantitative estimate of drug-likeness (QED) is 0.836. The maximum Gasteiger partial charge on any atom is 0.143 e. The van der Waals surface area contributed by atoms with Crippen LogP contribution in [0.25, 0.3) is 0 Å². The number of hydrogen-bond donors (Lipinski definition) is 1. The van der Waals surface area contributed by atoms with Crippen molar-refractivity contribution in [3.8, 4) is 0 Å². The maximum atomic E-state index is 13.9.